The molecule has 0 aliphatic heterocycles. The molecule has 2 heterocycles. The maximum Gasteiger partial charge on any atom is 0.255 e. The minimum absolute atomic E-state index is 0.256. The molecule has 1 N–H and O–H groups in total. The van der Waals surface area contributed by atoms with Crippen molar-refractivity contribution in [3.63, 3.8) is 0 Å². The van der Waals surface area contributed by atoms with E-state index in [9.17, 15) is 4.79 Å². The number of rotatable bonds is 2. The lowest BCUT2D eigenvalue weighted by Gasteiger charge is -2.06. The Morgan fingerprint density at radius 2 is 2.05 bits per heavy atom. The highest BCUT2D eigenvalue weighted by Gasteiger charge is 2.12. The minimum Gasteiger partial charge on any atom is -0.319 e. The molecule has 0 bridgehead atoms. The fourth-order valence-corrected chi connectivity index (χ4v) is 1.85. The average Bonchev–Trinajstić information content (AvgIpc) is 2.92. The summed E-state index contributed by atoms with van der Waals surface area (Å²) in [5.74, 6) is -0.256. The van der Waals surface area contributed by atoms with Gasteiger partial charge in [0.1, 0.15) is 11.3 Å². The SMILES string of the molecule is O=C(Nc1cnn2cnnc2c1Cl)c1ccccc1. The molecular weight excluding hydrogens is 266 g/mol. The number of hydrogen-bond donors (Lipinski definition) is 1. The summed E-state index contributed by atoms with van der Waals surface area (Å²) < 4.78 is 1.43. The monoisotopic (exact) mass is 273 g/mol. The number of nitrogens with zero attached hydrogens (tertiary/aromatic N) is 4. The Morgan fingerprint density at radius 3 is 2.84 bits per heavy atom. The number of anilines is 1. The van der Waals surface area contributed by atoms with Crippen LogP contribution < -0.4 is 5.32 Å². The van der Waals surface area contributed by atoms with E-state index in [2.05, 4.69) is 20.6 Å². The fraction of sp³-hybridized carbons (Fsp3) is 0. The standard InChI is InChI=1S/C12H8ClN5O/c13-10-9(6-15-18-7-14-17-11(10)18)16-12(19)8-4-2-1-3-5-8/h1-7H,(H,16,19). The van der Waals surface area contributed by atoms with Gasteiger partial charge in [0, 0.05) is 5.56 Å². The van der Waals surface area contributed by atoms with Gasteiger partial charge in [-0.3, -0.25) is 4.79 Å². The zero-order valence-electron chi connectivity index (χ0n) is 9.62. The smallest absolute Gasteiger partial charge is 0.255 e. The molecule has 0 atom stereocenters. The first-order valence-electron chi connectivity index (χ1n) is 5.46. The molecule has 0 unspecified atom stereocenters. The molecule has 3 rings (SSSR count). The van der Waals surface area contributed by atoms with Crippen molar-refractivity contribution in [3.8, 4) is 0 Å². The van der Waals surface area contributed by atoms with E-state index in [4.69, 9.17) is 11.6 Å². The van der Waals surface area contributed by atoms with E-state index in [1.807, 2.05) is 6.07 Å². The van der Waals surface area contributed by atoms with Crippen LogP contribution in [-0.4, -0.2) is 25.7 Å². The molecule has 0 radical (unpaired) electrons. The van der Waals surface area contributed by atoms with E-state index in [1.165, 1.54) is 17.0 Å². The van der Waals surface area contributed by atoms with Crippen molar-refractivity contribution >= 4 is 28.8 Å². The Hall–Kier alpha value is -2.47. The van der Waals surface area contributed by atoms with Gasteiger partial charge in [-0.2, -0.15) is 9.61 Å². The van der Waals surface area contributed by atoms with E-state index in [0.717, 1.165) is 0 Å². The molecule has 0 saturated carbocycles. The Bertz CT molecular complexity index is 740. The van der Waals surface area contributed by atoms with E-state index in [-0.39, 0.29) is 5.91 Å². The summed E-state index contributed by atoms with van der Waals surface area (Å²) in [6, 6.07) is 8.85. The zero-order chi connectivity index (χ0) is 13.2. The second-order valence-corrected chi connectivity index (χ2v) is 4.17. The first-order valence-corrected chi connectivity index (χ1v) is 5.84. The number of halogens is 1. The van der Waals surface area contributed by atoms with Gasteiger partial charge >= 0.3 is 0 Å². The molecule has 1 amide bonds. The van der Waals surface area contributed by atoms with Gasteiger partial charge in [0.05, 0.1) is 11.9 Å². The van der Waals surface area contributed by atoms with Crippen LogP contribution in [0.25, 0.3) is 5.65 Å². The fourth-order valence-electron chi connectivity index (χ4n) is 1.63. The highest BCUT2D eigenvalue weighted by molar-refractivity contribution is 6.36. The van der Waals surface area contributed by atoms with Crippen LogP contribution in [0.15, 0.2) is 42.9 Å². The number of nitrogens with one attached hydrogen (secondary N) is 1. The van der Waals surface area contributed by atoms with Crippen LogP contribution in [0.2, 0.25) is 5.02 Å². The normalized spacial score (nSPS) is 10.6. The topological polar surface area (TPSA) is 72.2 Å². The molecule has 94 valence electrons. The van der Waals surface area contributed by atoms with Crippen molar-refractivity contribution in [1.82, 2.24) is 19.8 Å². The van der Waals surface area contributed by atoms with E-state index in [0.29, 0.717) is 21.9 Å². The van der Waals surface area contributed by atoms with Crippen LogP contribution in [0.4, 0.5) is 5.69 Å². The summed E-state index contributed by atoms with van der Waals surface area (Å²) in [5, 5.41) is 14.6. The molecule has 7 heteroatoms. The molecule has 6 nitrogen and oxygen atoms in total. The summed E-state index contributed by atoms with van der Waals surface area (Å²) >= 11 is 6.14. The number of carbonyl (C=O) groups is 1. The largest absolute Gasteiger partial charge is 0.319 e. The molecule has 0 spiro atoms. The summed E-state index contributed by atoms with van der Waals surface area (Å²) in [6.07, 6.45) is 2.89. The third-order valence-corrected chi connectivity index (χ3v) is 2.93. The van der Waals surface area contributed by atoms with Gasteiger partial charge in [-0.15, -0.1) is 10.2 Å². The number of hydrogen-bond acceptors (Lipinski definition) is 4. The van der Waals surface area contributed by atoms with Crippen molar-refractivity contribution in [2.45, 2.75) is 0 Å². The van der Waals surface area contributed by atoms with Gasteiger partial charge in [0.25, 0.3) is 5.91 Å². The Morgan fingerprint density at radius 1 is 1.26 bits per heavy atom. The van der Waals surface area contributed by atoms with Crippen molar-refractivity contribution in [2.75, 3.05) is 5.32 Å². The molecule has 19 heavy (non-hydrogen) atoms. The molecule has 0 aliphatic carbocycles. The van der Waals surface area contributed by atoms with Gasteiger partial charge in [0.2, 0.25) is 0 Å². The first kappa shape index (κ1) is 11.6. The number of amides is 1. The molecule has 0 fully saturated rings. The highest BCUT2D eigenvalue weighted by atomic mass is 35.5. The molecule has 0 saturated heterocycles. The number of fused-ring (bicyclic) bond motifs is 1. The van der Waals surface area contributed by atoms with Crippen molar-refractivity contribution < 1.29 is 4.79 Å². The third kappa shape index (κ3) is 2.13. The van der Waals surface area contributed by atoms with Gasteiger partial charge in [-0.25, -0.2) is 0 Å². The number of benzene rings is 1. The lowest BCUT2D eigenvalue weighted by molar-refractivity contribution is 0.102. The van der Waals surface area contributed by atoms with Gasteiger partial charge in [-0.1, -0.05) is 29.8 Å². The third-order valence-electron chi connectivity index (χ3n) is 2.56. The lowest BCUT2D eigenvalue weighted by Crippen LogP contribution is -2.12. The summed E-state index contributed by atoms with van der Waals surface area (Å²) in [6.45, 7) is 0. The Kier molecular flexibility index (Phi) is 2.85. The molecule has 2 aromatic heterocycles. The van der Waals surface area contributed by atoms with E-state index in [1.54, 1.807) is 24.3 Å². The number of aromatic nitrogens is 4. The van der Waals surface area contributed by atoms with Crippen LogP contribution in [-0.2, 0) is 0 Å². The molecular formula is C12H8ClN5O. The number of carbonyl (C=O) groups excluding carboxylic acids is 1. The predicted octanol–water partition coefficient (Wildman–Crippen LogP) is 2.03. The molecule has 0 aliphatic rings. The van der Waals surface area contributed by atoms with Crippen LogP contribution in [0.1, 0.15) is 10.4 Å². The van der Waals surface area contributed by atoms with Crippen LogP contribution in [0, 0.1) is 0 Å². The summed E-state index contributed by atoms with van der Waals surface area (Å²) in [4.78, 5) is 12.0. The molecule has 3 aromatic rings. The Balaban J connectivity index is 1.93. The summed E-state index contributed by atoms with van der Waals surface area (Å²) in [5.41, 5.74) is 1.34. The maximum absolute atomic E-state index is 12.0. The minimum atomic E-state index is -0.256. The van der Waals surface area contributed by atoms with E-state index < -0.39 is 0 Å². The van der Waals surface area contributed by atoms with Crippen molar-refractivity contribution in [2.24, 2.45) is 0 Å². The van der Waals surface area contributed by atoms with Gasteiger partial charge in [0.15, 0.2) is 5.65 Å². The average molecular weight is 274 g/mol. The predicted molar refractivity (Wildman–Crippen MR) is 70.2 cm³/mol. The Labute approximate surface area is 113 Å². The van der Waals surface area contributed by atoms with Crippen molar-refractivity contribution in [1.29, 1.82) is 0 Å². The van der Waals surface area contributed by atoms with Crippen molar-refractivity contribution in [3.05, 3.63) is 53.4 Å². The van der Waals surface area contributed by atoms with Crippen LogP contribution in [0.5, 0.6) is 0 Å². The lowest BCUT2D eigenvalue weighted by atomic mass is 10.2. The van der Waals surface area contributed by atoms with Crippen LogP contribution in [0.3, 0.4) is 0 Å². The first-order chi connectivity index (χ1) is 9.25. The maximum atomic E-state index is 12.0. The zero-order valence-corrected chi connectivity index (χ0v) is 10.4. The van der Waals surface area contributed by atoms with Gasteiger partial charge in [-0.05, 0) is 12.1 Å². The second-order valence-electron chi connectivity index (χ2n) is 3.79. The highest BCUT2D eigenvalue weighted by Crippen LogP contribution is 2.24. The quantitative estimate of drug-likeness (QED) is 0.775. The molecule has 1 aromatic carbocycles. The summed E-state index contributed by atoms with van der Waals surface area (Å²) in [7, 11) is 0. The second kappa shape index (κ2) is 4.66. The van der Waals surface area contributed by atoms with E-state index >= 15 is 0 Å². The van der Waals surface area contributed by atoms with Gasteiger partial charge < -0.3 is 5.32 Å². The van der Waals surface area contributed by atoms with Crippen LogP contribution >= 0.6 is 11.6 Å².